The van der Waals surface area contributed by atoms with E-state index in [1.54, 1.807) is 6.20 Å². The monoisotopic (exact) mass is 337 g/mol. The highest BCUT2D eigenvalue weighted by molar-refractivity contribution is 6.20. The molecule has 0 radical (unpaired) electrons. The van der Waals surface area contributed by atoms with Crippen molar-refractivity contribution in [1.29, 1.82) is 0 Å². The number of nitrogens with zero attached hydrogens (tertiary/aromatic N) is 3. The van der Waals surface area contributed by atoms with Crippen LogP contribution in [-0.4, -0.2) is 15.0 Å². The van der Waals surface area contributed by atoms with Crippen LogP contribution in [0.3, 0.4) is 0 Å². The second-order valence-corrected chi connectivity index (χ2v) is 7.39. The first-order chi connectivity index (χ1) is 12.7. The van der Waals surface area contributed by atoms with Gasteiger partial charge in [0.25, 0.3) is 0 Å². The van der Waals surface area contributed by atoms with Gasteiger partial charge in [-0.05, 0) is 35.4 Å². The molecule has 0 N–H and O–H groups in total. The number of aromatic nitrogens is 3. The fourth-order valence-corrected chi connectivity index (χ4v) is 4.48. The molecule has 0 bridgehead atoms. The van der Waals surface area contributed by atoms with Gasteiger partial charge in [-0.3, -0.25) is 9.97 Å². The van der Waals surface area contributed by atoms with Gasteiger partial charge in [-0.2, -0.15) is 0 Å². The van der Waals surface area contributed by atoms with E-state index in [2.05, 4.69) is 40.9 Å². The summed E-state index contributed by atoms with van der Waals surface area (Å²) in [6, 6.07) is 10.3. The lowest BCUT2D eigenvalue weighted by atomic mass is 9.80. The van der Waals surface area contributed by atoms with E-state index in [0.29, 0.717) is 5.71 Å². The maximum absolute atomic E-state index is 6.12. The number of hydrogen-bond acceptors (Lipinski definition) is 4. The van der Waals surface area contributed by atoms with E-state index < -0.39 is 0 Å². The van der Waals surface area contributed by atoms with E-state index in [-0.39, 0.29) is 5.41 Å². The molecule has 0 spiro atoms. The summed E-state index contributed by atoms with van der Waals surface area (Å²) in [5.74, 6) is 0. The van der Waals surface area contributed by atoms with Crippen LogP contribution in [0, 0.1) is 0 Å². The summed E-state index contributed by atoms with van der Waals surface area (Å²) in [7, 11) is 0. The minimum Gasteiger partial charge on any atom is -0.438 e. The van der Waals surface area contributed by atoms with Crippen LogP contribution in [0.5, 0.6) is 0 Å². The largest absolute Gasteiger partial charge is 0.438 e. The lowest BCUT2D eigenvalue weighted by molar-refractivity contribution is 0.648. The normalized spacial score (nSPS) is 14.8. The topological polar surface area (TPSA) is 51.8 Å². The summed E-state index contributed by atoms with van der Waals surface area (Å²) in [4.78, 5) is 13.6. The van der Waals surface area contributed by atoms with Crippen LogP contribution in [0.4, 0.5) is 0 Å². The summed E-state index contributed by atoms with van der Waals surface area (Å²) in [5, 5.41) is 4.32. The number of benzene rings is 1. The molecular formula is C22H15N3O. The number of fused-ring (bicyclic) bond motifs is 9. The molecule has 0 amide bonds. The maximum atomic E-state index is 6.12. The quantitative estimate of drug-likeness (QED) is 0.388. The first-order valence-corrected chi connectivity index (χ1v) is 8.70. The molecule has 0 saturated carbocycles. The second-order valence-electron chi connectivity index (χ2n) is 7.39. The Kier molecular flexibility index (Phi) is 2.40. The lowest BCUT2D eigenvalue weighted by Crippen LogP contribution is -2.15. The molecule has 1 aliphatic carbocycles. The zero-order chi connectivity index (χ0) is 17.5. The van der Waals surface area contributed by atoms with Crippen LogP contribution in [0.2, 0.25) is 0 Å². The molecule has 4 heterocycles. The highest BCUT2D eigenvalue weighted by atomic mass is 16.3. The van der Waals surface area contributed by atoms with E-state index in [1.807, 2.05) is 36.8 Å². The van der Waals surface area contributed by atoms with Crippen molar-refractivity contribution in [3.05, 3.63) is 66.2 Å². The number of hydrogen-bond donors (Lipinski definition) is 0. The van der Waals surface area contributed by atoms with Crippen LogP contribution in [0.1, 0.15) is 25.0 Å². The fourth-order valence-electron chi connectivity index (χ4n) is 4.48. The Morgan fingerprint density at radius 3 is 2.77 bits per heavy atom. The van der Waals surface area contributed by atoms with E-state index >= 15 is 0 Å². The predicted molar refractivity (Wildman–Crippen MR) is 102 cm³/mol. The SMILES string of the molecule is CC1(C)c2cccnc2-c2ccc3oc4ncc5ccncc5c4c3c21. The average molecular weight is 337 g/mol. The van der Waals surface area contributed by atoms with Gasteiger partial charge < -0.3 is 4.42 Å². The molecule has 6 rings (SSSR count). The van der Waals surface area contributed by atoms with Crippen LogP contribution in [0.15, 0.2) is 59.5 Å². The van der Waals surface area contributed by atoms with Gasteiger partial charge in [0.2, 0.25) is 5.71 Å². The van der Waals surface area contributed by atoms with Crippen molar-refractivity contribution in [2.24, 2.45) is 0 Å². The van der Waals surface area contributed by atoms with Gasteiger partial charge in [-0.1, -0.05) is 19.9 Å². The second kappa shape index (κ2) is 4.47. The molecule has 0 atom stereocenters. The molecule has 0 saturated heterocycles. The van der Waals surface area contributed by atoms with Crippen LogP contribution >= 0.6 is 0 Å². The van der Waals surface area contributed by atoms with Crippen molar-refractivity contribution in [3.63, 3.8) is 0 Å². The van der Waals surface area contributed by atoms with Gasteiger partial charge >= 0.3 is 0 Å². The van der Waals surface area contributed by atoms with E-state index in [4.69, 9.17) is 4.42 Å². The Morgan fingerprint density at radius 2 is 1.85 bits per heavy atom. The molecule has 0 aliphatic heterocycles. The Morgan fingerprint density at radius 1 is 0.923 bits per heavy atom. The Labute approximate surface area is 149 Å². The van der Waals surface area contributed by atoms with E-state index in [0.717, 1.165) is 32.8 Å². The number of furan rings is 1. The van der Waals surface area contributed by atoms with E-state index in [1.165, 1.54) is 16.7 Å². The molecular weight excluding hydrogens is 322 g/mol. The molecule has 5 aromatic rings. The van der Waals surface area contributed by atoms with Gasteiger partial charge in [0, 0.05) is 51.9 Å². The molecule has 0 unspecified atom stereocenters. The summed E-state index contributed by atoms with van der Waals surface area (Å²) in [5.41, 5.74) is 6.14. The van der Waals surface area contributed by atoms with E-state index in [9.17, 15) is 0 Å². The Hall–Kier alpha value is -3.27. The van der Waals surface area contributed by atoms with Crippen molar-refractivity contribution in [2.45, 2.75) is 19.3 Å². The minimum atomic E-state index is -0.153. The molecule has 4 heteroatoms. The molecule has 0 fully saturated rings. The van der Waals surface area contributed by atoms with Crippen molar-refractivity contribution >= 4 is 32.8 Å². The maximum Gasteiger partial charge on any atom is 0.227 e. The number of pyridine rings is 3. The standard InChI is InChI=1S/C22H15N3O/c1-22(2)15-4-3-8-24-20(15)13-5-6-16-18(19(13)22)17-14-11-23-9-7-12(14)10-25-21(17)26-16/h3-11H,1-2H3. The van der Waals surface area contributed by atoms with Gasteiger partial charge in [0.15, 0.2) is 0 Å². The third kappa shape index (κ3) is 1.53. The smallest absolute Gasteiger partial charge is 0.227 e. The first kappa shape index (κ1) is 14.0. The van der Waals surface area contributed by atoms with Crippen molar-refractivity contribution in [1.82, 2.24) is 15.0 Å². The van der Waals surface area contributed by atoms with Gasteiger partial charge in [0.05, 0.1) is 11.1 Å². The molecule has 4 aromatic heterocycles. The zero-order valence-electron chi connectivity index (χ0n) is 14.4. The molecule has 26 heavy (non-hydrogen) atoms. The minimum absolute atomic E-state index is 0.153. The summed E-state index contributed by atoms with van der Waals surface area (Å²) in [6.07, 6.45) is 7.42. The van der Waals surface area contributed by atoms with Crippen LogP contribution in [-0.2, 0) is 5.41 Å². The highest BCUT2D eigenvalue weighted by Crippen LogP contribution is 2.52. The third-order valence-corrected chi connectivity index (χ3v) is 5.64. The number of rotatable bonds is 0. The molecule has 4 nitrogen and oxygen atoms in total. The molecule has 1 aliphatic rings. The Balaban J connectivity index is 1.89. The van der Waals surface area contributed by atoms with Crippen molar-refractivity contribution in [3.8, 4) is 11.3 Å². The lowest BCUT2D eigenvalue weighted by Gasteiger charge is -2.21. The van der Waals surface area contributed by atoms with Crippen LogP contribution in [0.25, 0.3) is 44.1 Å². The third-order valence-electron chi connectivity index (χ3n) is 5.64. The Bertz CT molecular complexity index is 1360. The van der Waals surface area contributed by atoms with Gasteiger partial charge in [-0.15, -0.1) is 0 Å². The molecule has 124 valence electrons. The summed E-state index contributed by atoms with van der Waals surface area (Å²) < 4.78 is 6.12. The van der Waals surface area contributed by atoms with Gasteiger partial charge in [0.1, 0.15) is 5.58 Å². The summed E-state index contributed by atoms with van der Waals surface area (Å²) >= 11 is 0. The predicted octanol–water partition coefficient (Wildman–Crippen LogP) is 5.23. The van der Waals surface area contributed by atoms with Crippen molar-refractivity contribution < 1.29 is 4.42 Å². The van der Waals surface area contributed by atoms with Crippen molar-refractivity contribution in [2.75, 3.05) is 0 Å². The highest BCUT2D eigenvalue weighted by Gasteiger charge is 2.39. The van der Waals surface area contributed by atoms with Crippen LogP contribution < -0.4 is 0 Å². The zero-order valence-corrected chi connectivity index (χ0v) is 14.4. The summed E-state index contributed by atoms with van der Waals surface area (Å²) in [6.45, 7) is 4.52. The average Bonchev–Trinajstić information content (AvgIpc) is 3.15. The molecule has 1 aromatic carbocycles. The first-order valence-electron chi connectivity index (χ1n) is 8.70. The van der Waals surface area contributed by atoms with Gasteiger partial charge in [-0.25, -0.2) is 4.98 Å². The fraction of sp³-hybridized carbons (Fsp3) is 0.136.